The summed E-state index contributed by atoms with van der Waals surface area (Å²) in [7, 11) is -2.61. The maximum absolute atomic E-state index is 12.4. The molecule has 1 saturated carbocycles. The Hall–Kier alpha value is -2.04. The van der Waals surface area contributed by atoms with E-state index in [1.54, 1.807) is 6.07 Å². The first-order chi connectivity index (χ1) is 13.7. The number of ether oxygens (including phenoxy) is 1. The Balaban J connectivity index is 1.71. The number of sulfonamides is 1. The summed E-state index contributed by atoms with van der Waals surface area (Å²) in [6.45, 7) is 4.05. The maximum atomic E-state index is 12.4. The van der Waals surface area contributed by atoms with Crippen molar-refractivity contribution in [1.82, 2.24) is 9.55 Å². The Morgan fingerprint density at radius 1 is 1.34 bits per heavy atom. The van der Waals surface area contributed by atoms with Gasteiger partial charge in [-0.1, -0.05) is 24.6 Å². The number of carbonyl (C=O) groups excluding carboxylic acids is 1. The maximum Gasteiger partial charge on any atom is 0.241 e. The number of hydrogen-bond acceptors (Lipinski definition) is 6. The monoisotopic (exact) mass is 438 g/mol. The van der Waals surface area contributed by atoms with Crippen molar-refractivity contribution in [2.75, 3.05) is 18.2 Å². The largest absolute Gasteiger partial charge is 0.495 e. The number of hydrogen-bond donors (Lipinski definition) is 2. The molecule has 1 aliphatic carbocycles. The second kappa shape index (κ2) is 8.76. The van der Waals surface area contributed by atoms with Crippen LogP contribution in [-0.4, -0.2) is 36.7 Å². The molecule has 0 spiro atoms. The van der Waals surface area contributed by atoms with Crippen molar-refractivity contribution in [2.24, 2.45) is 5.14 Å². The number of methoxy groups -OCH3 is 1. The molecule has 1 aliphatic rings. The van der Waals surface area contributed by atoms with Crippen LogP contribution in [0.3, 0.4) is 0 Å². The molecule has 3 rings (SSSR count). The predicted octanol–water partition coefficient (Wildman–Crippen LogP) is 3.00. The smallest absolute Gasteiger partial charge is 0.241 e. The molecular formula is C19H26N4O4S2. The molecule has 3 N–H and O–H groups in total. The van der Waals surface area contributed by atoms with Gasteiger partial charge in [0.2, 0.25) is 15.9 Å². The van der Waals surface area contributed by atoms with Gasteiger partial charge in [-0.3, -0.25) is 4.79 Å². The van der Waals surface area contributed by atoms with E-state index in [1.165, 1.54) is 43.8 Å². The van der Waals surface area contributed by atoms with Crippen LogP contribution >= 0.6 is 11.8 Å². The highest BCUT2D eigenvalue weighted by molar-refractivity contribution is 7.99. The second-order valence-corrected chi connectivity index (χ2v) is 9.59. The van der Waals surface area contributed by atoms with Crippen LogP contribution in [0.2, 0.25) is 0 Å². The minimum atomic E-state index is -3.97. The van der Waals surface area contributed by atoms with E-state index in [-0.39, 0.29) is 22.3 Å². The first kappa shape index (κ1) is 21.7. The fourth-order valence-corrected chi connectivity index (χ4v) is 5.28. The average Bonchev–Trinajstić information content (AvgIpc) is 3.28. The third-order valence-electron chi connectivity index (χ3n) is 5.13. The van der Waals surface area contributed by atoms with Crippen molar-refractivity contribution in [3.63, 3.8) is 0 Å². The van der Waals surface area contributed by atoms with Gasteiger partial charge in [0.1, 0.15) is 10.6 Å². The number of benzene rings is 1. The van der Waals surface area contributed by atoms with Gasteiger partial charge in [-0.2, -0.15) is 0 Å². The van der Waals surface area contributed by atoms with E-state index in [0.29, 0.717) is 11.7 Å². The molecule has 8 nitrogen and oxygen atoms in total. The molecular weight excluding hydrogens is 412 g/mol. The number of rotatable bonds is 7. The quantitative estimate of drug-likeness (QED) is 0.642. The lowest BCUT2D eigenvalue weighted by atomic mass is 10.2. The lowest BCUT2D eigenvalue weighted by Gasteiger charge is -2.17. The number of aryl methyl sites for hydroxylation is 1. The first-order valence-corrected chi connectivity index (χ1v) is 11.9. The fourth-order valence-electron chi connectivity index (χ4n) is 3.59. The van der Waals surface area contributed by atoms with Crippen molar-refractivity contribution in [2.45, 2.75) is 55.6 Å². The zero-order chi connectivity index (χ0) is 21.2. The van der Waals surface area contributed by atoms with Gasteiger partial charge in [0.15, 0.2) is 5.16 Å². The van der Waals surface area contributed by atoms with E-state index < -0.39 is 10.0 Å². The number of imidazole rings is 1. The second-order valence-electron chi connectivity index (χ2n) is 7.12. The molecule has 0 bridgehead atoms. The van der Waals surface area contributed by atoms with Gasteiger partial charge in [-0.15, -0.1) is 0 Å². The molecule has 10 heteroatoms. The Morgan fingerprint density at radius 3 is 2.66 bits per heavy atom. The molecule has 0 atom stereocenters. The van der Waals surface area contributed by atoms with Crippen molar-refractivity contribution < 1.29 is 17.9 Å². The number of aromatic nitrogens is 2. The molecule has 158 valence electrons. The summed E-state index contributed by atoms with van der Waals surface area (Å²) in [5.74, 6) is 0.0422. The van der Waals surface area contributed by atoms with Gasteiger partial charge in [0.25, 0.3) is 0 Å². The molecule has 0 radical (unpaired) electrons. The van der Waals surface area contributed by atoms with E-state index in [9.17, 15) is 13.2 Å². The minimum Gasteiger partial charge on any atom is -0.495 e. The molecule has 0 saturated heterocycles. The zero-order valence-corrected chi connectivity index (χ0v) is 18.4. The summed E-state index contributed by atoms with van der Waals surface area (Å²) >= 11 is 1.39. The van der Waals surface area contributed by atoms with E-state index in [0.717, 1.165) is 29.4 Å². The predicted molar refractivity (Wildman–Crippen MR) is 113 cm³/mol. The number of anilines is 1. The highest BCUT2D eigenvalue weighted by Gasteiger charge is 2.23. The Morgan fingerprint density at radius 2 is 2.03 bits per heavy atom. The number of primary sulfonamides is 1. The summed E-state index contributed by atoms with van der Waals surface area (Å²) in [6, 6.07) is 4.77. The lowest BCUT2D eigenvalue weighted by molar-refractivity contribution is -0.113. The minimum absolute atomic E-state index is 0.129. The van der Waals surface area contributed by atoms with Crippen LogP contribution in [0.5, 0.6) is 5.75 Å². The number of nitrogens with two attached hydrogens (primary N) is 1. The topological polar surface area (TPSA) is 116 Å². The molecule has 1 fully saturated rings. The third kappa shape index (κ3) is 4.93. The highest BCUT2D eigenvalue weighted by atomic mass is 32.2. The molecule has 0 aliphatic heterocycles. The van der Waals surface area contributed by atoms with Crippen molar-refractivity contribution in [3.8, 4) is 5.75 Å². The van der Waals surface area contributed by atoms with Crippen LogP contribution in [0.25, 0.3) is 0 Å². The molecule has 0 unspecified atom stereocenters. The zero-order valence-electron chi connectivity index (χ0n) is 16.8. The van der Waals surface area contributed by atoms with Gasteiger partial charge >= 0.3 is 0 Å². The molecule has 1 aromatic carbocycles. The third-order valence-corrected chi connectivity index (χ3v) is 7.02. The summed E-state index contributed by atoms with van der Waals surface area (Å²) in [4.78, 5) is 16.9. The Bertz CT molecular complexity index is 1010. The van der Waals surface area contributed by atoms with Crippen molar-refractivity contribution in [3.05, 3.63) is 29.6 Å². The van der Waals surface area contributed by atoms with Crippen LogP contribution < -0.4 is 15.2 Å². The normalized spacial score (nSPS) is 14.9. The lowest BCUT2D eigenvalue weighted by Crippen LogP contribution is -2.17. The van der Waals surface area contributed by atoms with Crippen LogP contribution in [0.4, 0.5) is 5.69 Å². The van der Waals surface area contributed by atoms with Crippen molar-refractivity contribution in [1.29, 1.82) is 0 Å². The van der Waals surface area contributed by atoms with Crippen LogP contribution in [0.1, 0.15) is 43.1 Å². The first-order valence-electron chi connectivity index (χ1n) is 9.39. The highest BCUT2D eigenvalue weighted by Crippen LogP contribution is 2.35. The van der Waals surface area contributed by atoms with Gasteiger partial charge in [0, 0.05) is 17.4 Å². The van der Waals surface area contributed by atoms with E-state index in [1.807, 2.05) is 6.92 Å². The number of amides is 1. The Labute approximate surface area is 175 Å². The van der Waals surface area contributed by atoms with E-state index in [4.69, 9.17) is 9.88 Å². The van der Waals surface area contributed by atoms with Crippen LogP contribution in [0, 0.1) is 13.8 Å². The van der Waals surface area contributed by atoms with Gasteiger partial charge in [-0.05, 0) is 44.9 Å². The van der Waals surface area contributed by atoms with E-state index in [2.05, 4.69) is 21.8 Å². The standard InChI is InChI=1S/C19H26N4O4S2/c1-12-13(2)23(15-6-4-5-7-15)19(21-12)28-11-18(24)22-14-8-9-16(27-3)17(10-14)29(20,25)26/h8-10,15H,4-7,11H2,1-3H3,(H,22,24)(H2,20,25,26). The number of nitrogens with zero attached hydrogens (tertiary/aromatic N) is 2. The SMILES string of the molecule is COc1ccc(NC(=O)CSc2nc(C)c(C)n2C2CCCC2)cc1S(N)(=O)=O. The summed E-state index contributed by atoms with van der Waals surface area (Å²) in [5, 5.41) is 8.79. The van der Waals surface area contributed by atoms with Crippen molar-refractivity contribution >= 4 is 33.4 Å². The number of nitrogens with one attached hydrogen (secondary N) is 1. The van der Waals surface area contributed by atoms with Crippen LogP contribution in [-0.2, 0) is 14.8 Å². The van der Waals surface area contributed by atoms with Gasteiger partial charge < -0.3 is 14.6 Å². The van der Waals surface area contributed by atoms with E-state index >= 15 is 0 Å². The number of carbonyl (C=O) groups is 1. The van der Waals surface area contributed by atoms with Gasteiger partial charge in [-0.25, -0.2) is 18.5 Å². The summed E-state index contributed by atoms with van der Waals surface area (Å²) in [5.41, 5.74) is 2.47. The summed E-state index contributed by atoms with van der Waals surface area (Å²) in [6.07, 6.45) is 4.71. The fraction of sp³-hybridized carbons (Fsp3) is 0.474. The van der Waals surface area contributed by atoms with Gasteiger partial charge in [0.05, 0.1) is 18.6 Å². The molecule has 1 heterocycles. The number of thioether (sulfide) groups is 1. The molecule has 1 amide bonds. The summed E-state index contributed by atoms with van der Waals surface area (Å²) < 4.78 is 30.7. The molecule has 29 heavy (non-hydrogen) atoms. The Kier molecular flexibility index (Phi) is 6.55. The molecule has 1 aromatic heterocycles. The molecule has 2 aromatic rings. The average molecular weight is 439 g/mol. The van der Waals surface area contributed by atoms with Crippen LogP contribution in [0.15, 0.2) is 28.3 Å².